The summed E-state index contributed by atoms with van der Waals surface area (Å²) >= 11 is 0. The van der Waals surface area contributed by atoms with Crippen molar-refractivity contribution in [1.82, 2.24) is 4.98 Å². The molecule has 0 radical (unpaired) electrons. The van der Waals surface area contributed by atoms with Gasteiger partial charge in [0.05, 0.1) is 17.5 Å². The van der Waals surface area contributed by atoms with Crippen molar-refractivity contribution in [2.75, 3.05) is 7.11 Å². The molecule has 0 bridgehead atoms. The number of nitrogens with zero attached hydrogens (tertiary/aromatic N) is 3. The molecule has 14 heavy (non-hydrogen) atoms. The van der Waals surface area contributed by atoms with Gasteiger partial charge in [0.15, 0.2) is 0 Å². The summed E-state index contributed by atoms with van der Waals surface area (Å²) < 4.78 is 5.15. The number of rotatable bonds is 4. The van der Waals surface area contributed by atoms with E-state index in [4.69, 9.17) is 10.6 Å². The van der Waals surface area contributed by atoms with Crippen LogP contribution in [0, 0.1) is 0 Å². The molecule has 1 atom stereocenters. The Hall–Kier alpha value is -1.49. The van der Waals surface area contributed by atoms with Crippen LogP contribution >= 0.6 is 0 Å². The standard InChI is InChI=1S/C9H14N4O/c1-7(14-2)9-5-3-4-8(12-9)6-11-13-10/h3-5,7H,6H2,1-2H3,(H2,10,11). The van der Waals surface area contributed by atoms with Crippen molar-refractivity contribution in [1.29, 1.82) is 0 Å². The van der Waals surface area contributed by atoms with E-state index in [1.54, 1.807) is 7.11 Å². The van der Waals surface area contributed by atoms with Crippen molar-refractivity contribution < 1.29 is 4.74 Å². The summed E-state index contributed by atoms with van der Waals surface area (Å²) in [5.74, 6) is 4.91. The average Bonchev–Trinajstić information content (AvgIpc) is 2.25. The number of nitrogens with two attached hydrogens (primary N) is 1. The van der Waals surface area contributed by atoms with Crippen molar-refractivity contribution in [2.24, 2.45) is 16.2 Å². The molecule has 0 aliphatic carbocycles. The highest BCUT2D eigenvalue weighted by molar-refractivity contribution is 5.12. The molecule has 1 unspecified atom stereocenters. The number of hydrogen-bond donors (Lipinski definition) is 1. The highest BCUT2D eigenvalue weighted by Gasteiger charge is 2.05. The molecule has 1 heterocycles. The lowest BCUT2D eigenvalue weighted by molar-refractivity contribution is 0.116. The molecule has 0 aliphatic rings. The quantitative estimate of drug-likeness (QED) is 0.449. The van der Waals surface area contributed by atoms with Crippen molar-refractivity contribution in [2.45, 2.75) is 19.6 Å². The van der Waals surface area contributed by atoms with Gasteiger partial charge in [-0.05, 0) is 19.1 Å². The first-order valence-electron chi connectivity index (χ1n) is 4.33. The van der Waals surface area contributed by atoms with Gasteiger partial charge in [-0.15, -0.1) is 0 Å². The third-order valence-electron chi connectivity index (χ3n) is 1.91. The Balaban J connectivity index is 2.78. The number of methoxy groups -OCH3 is 1. The zero-order valence-corrected chi connectivity index (χ0v) is 8.34. The van der Waals surface area contributed by atoms with Gasteiger partial charge >= 0.3 is 0 Å². The van der Waals surface area contributed by atoms with Gasteiger partial charge in [-0.25, -0.2) is 0 Å². The van der Waals surface area contributed by atoms with Crippen molar-refractivity contribution in [3.63, 3.8) is 0 Å². The monoisotopic (exact) mass is 194 g/mol. The molecule has 0 spiro atoms. The molecule has 0 aromatic carbocycles. The molecule has 0 fully saturated rings. The summed E-state index contributed by atoms with van der Waals surface area (Å²) in [6, 6.07) is 5.71. The molecule has 5 heteroatoms. The second kappa shape index (κ2) is 5.29. The summed E-state index contributed by atoms with van der Waals surface area (Å²) in [6.45, 7) is 2.34. The lowest BCUT2D eigenvalue weighted by Gasteiger charge is -2.08. The van der Waals surface area contributed by atoms with Gasteiger partial charge in [-0.1, -0.05) is 11.3 Å². The van der Waals surface area contributed by atoms with Crippen LogP contribution in [0.1, 0.15) is 24.4 Å². The SMILES string of the molecule is COC(C)c1cccc(CN=NN)n1. The first-order valence-corrected chi connectivity index (χ1v) is 4.33. The van der Waals surface area contributed by atoms with E-state index in [0.29, 0.717) is 6.54 Å². The molecule has 1 aromatic rings. The number of pyridine rings is 1. The highest BCUT2D eigenvalue weighted by Crippen LogP contribution is 2.13. The molecule has 0 saturated carbocycles. The van der Waals surface area contributed by atoms with E-state index < -0.39 is 0 Å². The molecule has 0 amide bonds. The van der Waals surface area contributed by atoms with Gasteiger partial charge in [0.1, 0.15) is 6.54 Å². The van der Waals surface area contributed by atoms with E-state index >= 15 is 0 Å². The van der Waals surface area contributed by atoms with Crippen molar-refractivity contribution in [3.8, 4) is 0 Å². The maximum absolute atomic E-state index is 5.15. The minimum atomic E-state index is -0.00948. The molecule has 1 rings (SSSR count). The van der Waals surface area contributed by atoms with Crippen LogP contribution in [0.15, 0.2) is 28.5 Å². The van der Waals surface area contributed by atoms with Gasteiger partial charge in [0.25, 0.3) is 0 Å². The zero-order chi connectivity index (χ0) is 10.4. The van der Waals surface area contributed by atoms with Crippen LogP contribution in [-0.4, -0.2) is 12.1 Å². The van der Waals surface area contributed by atoms with E-state index in [1.807, 2.05) is 25.1 Å². The summed E-state index contributed by atoms with van der Waals surface area (Å²) in [4.78, 5) is 4.35. The fraction of sp³-hybridized carbons (Fsp3) is 0.444. The van der Waals surface area contributed by atoms with Crippen LogP contribution < -0.4 is 5.84 Å². The Kier molecular flexibility index (Phi) is 4.00. The molecular formula is C9H14N4O. The Morgan fingerprint density at radius 3 is 3.00 bits per heavy atom. The topological polar surface area (TPSA) is 72.9 Å². The first kappa shape index (κ1) is 10.6. The van der Waals surface area contributed by atoms with Gasteiger partial charge < -0.3 is 10.6 Å². The second-order valence-corrected chi connectivity index (χ2v) is 2.85. The minimum Gasteiger partial charge on any atom is -0.375 e. The maximum Gasteiger partial charge on any atom is 0.104 e. The molecule has 5 nitrogen and oxygen atoms in total. The summed E-state index contributed by atoms with van der Waals surface area (Å²) in [5.41, 5.74) is 1.72. The molecular weight excluding hydrogens is 180 g/mol. The Bertz CT molecular complexity index is 313. The van der Waals surface area contributed by atoms with E-state index in [2.05, 4.69) is 15.3 Å². The predicted molar refractivity (Wildman–Crippen MR) is 52.4 cm³/mol. The smallest absolute Gasteiger partial charge is 0.104 e. The van der Waals surface area contributed by atoms with Crippen molar-refractivity contribution in [3.05, 3.63) is 29.6 Å². The minimum absolute atomic E-state index is 0.00948. The normalized spacial score (nSPS) is 13.3. The van der Waals surface area contributed by atoms with Crippen LogP contribution in [0.2, 0.25) is 0 Å². The van der Waals surface area contributed by atoms with E-state index in [0.717, 1.165) is 11.4 Å². The Morgan fingerprint density at radius 2 is 2.36 bits per heavy atom. The van der Waals surface area contributed by atoms with Crippen LogP contribution in [0.3, 0.4) is 0 Å². The number of hydrogen-bond acceptors (Lipinski definition) is 4. The molecule has 1 aromatic heterocycles. The third kappa shape index (κ3) is 2.77. The van der Waals surface area contributed by atoms with Gasteiger partial charge in [0, 0.05) is 7.11 Å². The van der Waals surface area contributed by atoms with Gasteiger partial charge in [-0.2, -0.15) is 5.11 Å². The Morgan fingerprint density at radius 1 is 1.57 bits per heavy atom. The fourth-order valence-electron chi connectivity index (χ4n) is 1.05. The van der Waals surface area contributed by atoms with Crippen molar-refractivity contribution >= 4 is 0 Å². The largest absolute Gasteiger partial charge is 0.375 e. The second-order valence-electron chi connectivity index (χ2n) is 2.85. The summed E-state index contributed by atoms with van der Waals surface area (Å²) in [7, 11) is 1.65. The lowest BCUT2D eigenvalue weighted by atomic mass is 10.2. The lowest BCUT2D eigenvalue weighted by Crippen LogP contribution is -2.01. The summed E-state index contributed by atoms with van der Waals surface area (Å²) in [6.07, 6.45) is -0.00948. The fourth-order valence-corrected chi connectivity index (χ4v) is 1.05. The average molecular weight is 194 g/mol. The Labute approximate surface area is 83.0 Å². The molecule has 76 valence electrons. The molecule has 2 N–H and O–H groups in total. The zero-order valence-electron chi connectivity index (χ0n) is 8.34. The maximum atomic E-state index is 5.15. The molecule has 0 saturated heterocycles. The van der Waals surface area contributed by atoms with Gasteiger partial charge in [-0.3, -0.25) is 4.98 Å². The number of ether oxygens (including phenoxy) is 1. The number of aromatic nitrogens is 1. The molecule has 0 aliphatic heterocycles. The van der Waals surface area contributed by atoms with Crippen LogP contribution in [0.4, 0.5) is 0 Å². The van der Waals surface area contributed by atoms with E-state index in [-0.39, 0.29) is 6.10 Å². The van der Waals surface area contributed by atoms with Gasteiger partial charge in [0.2, 0.25) is 0 Å². The third-order valence-corrected chi connectivity index (χ3v) is 1.91. The van der Waals surface area contributed by atoms with Crippen LogP contribution in [-0.2, 0) is 11.3 Å². The van der Waals surface area contributed by atoms with E-state index in [9.17, 15) is 0 Å². The first-order chi connectivity index (χ1) is 6.77. The predicted octanol–water partition coefficient (Wildman–Crippen LogP) is 1.61. The van der Waals surface area contributed by atoms with Crippen LogP contribution in [0.25, 0.3) is 0 Å². The summed E-state index contributed by atoms with van der Waals surface area (Å²) in [5, 5.41) is 6.85. The van der Waals surface area contributed by atoms with E-state index in [1.165, 1.54) is 0 Å². The van der Waals surface area contributed by atoms with Crippen LogP contribution in [0.5, 0.6) is 0 Å². The highest BCUT2D eigenvalue weighted by atomic mass is 16.5.